The van der Waals surface area contributed by atoms with Gasteiger partial charge in [0.05, 0.1) is 6.04 Å². The van der Waals surface area contributed by atoms with Crippen molar-refractivity contribution in [1.29, 1.82) is 0 Å². The second kappa shape index (κ2) is 10.0. The fraction of sp³-hybridized carbons (Fsp3) is 0.684. The van der Waals surface area contributed by atoms with E-state index in [4.69, 9.17) is 0 Å². The van der Waals surface area contributed by atoms with Gasteiger partial charge in [-0.15, -0.1) is 11.3 Å². The molecule has 2 heterocycles. The van der Waals surface area contributed by atoms with Crippen LogP contribution in [0.5, 0.6) is 0 Å². The first kappa shape index (κ1) is 20.9. The lowest BCUT2D eigenvalue weighted by Crippen LogP contribution is -2.54. The molecule has 0 spiro atoms. The van der Waals surface area contributed by atoms with Crippen molar-refractivity contribution in [3.05, 3.63) is 22.4 Å². The molecule has 1 saturated heterocycles. The average Bonchev–Trinajstić information content (AvgIpc) is 3.17. The SMILES string of the molecule is CCN1CCN([C@H](c2cccs2)[C@@H](C)NC(=O)C(=O)N(CC)CC)CC1. The summed E-state index contributed by atoms with van der Waals surface area (Å²) in [7, 11) is 0. The van der Waals surface area contributed by atoms with E-state index >= 15 is 0 Å². The molecule has 2 rings (SSSR count). The molecule has 0 bridgehead atoms. The Morgan fingerprint density at radius 2 is 1.85 bits per heavy atom. The van der Waals surface area contributed by atoms with Crippen LogP contribution in [-0.2, 0) is 9.59 Å². The smallest absolute Gasteiger partial charge is 0.311 e. The summed E-state index contributed by atoms with van der Waals surface area (Å²) in [6, 6.07) is 4.14. The van der Waals surface area contributed by atoms with Crippen molar-refractivity contribution in [2.24, 2.45) is 0 Å². The number of piperazine rings is 1. The number of thiophene rings is 1. The van der Waals surface area contributed by atoms with Crippen LogP contribution in [0.3, 0.4) is 0 Å². The molecule has 0 saturated carbocycles. The fourth-order valence-corrected chi connectivity index (χ4v) is 4.53. The topological polar surface area (TPSA) is 55.9 Å². The molecule has 1 aliphatic heterocycles. The van der Waals surface area contributed by atoms with Crippen molar-refractivity contribution in [2.75, 3.05) is 45.8 Å². The van der Waals surface area contributed by atoms with E-state index in [9.17, 15) is 9.59 Å². The largest absolute Gasteiger partial charge is 0.343 e. The second-order valence-corrected chi connectivity index (χ2v) is 7.65. The molecule has 7 heteroatoms. The lowest BCUT2D eigenvalue weighted by Gasteiger charge is -2.41. The van der Waals surface area contributed by atoms with E-state index < -0.39 is 11.8 Å². The van der Waals surface area contributed by atoms with Crippen molar-refractivity contribution in [1.82, 2.24) is 20.0 Å². The molecule has 0 aromatic carbocycles. The van der Waals surface area contributed by atoms with E-state index in [0.717, 1.165) is 32.7 Å². The maximum Gasteiger partial charge on any atom is 0.311 e. The highest BCUT2D eigenvalue weighted by atomic mass is 32.1. The molecule has 0 aliphatic carbocycles. The third kappa shape index (κ3) is 5.05. The van der Waals surface area contributed by atoms with E-state index in [-0.39, 0.29) is 12.1 Å². The molecule has 0 unspecified atom stereocenters. The van der Waals surface area contributed by atoms with E-state index in [1.165, 1.54) is 4.88 Å². The Hall–Kier alpha value is -1.44. The molecule has 1 N–H and O–H groups in total. The fourth-order valence-electron chi connectivity index (χ4n) is 3.56. The van der Waals surface area contributed by atoms with Crippen LogP contribution in [0.1, 0.15) is 38.6 Å². The second-order valence-electron chi connectivity index (χ2n) is 6.67. The summed E-state index contributed by atoms with van der Waals surface area (Å²) in [5.41, 5.74) is 0. The Morgan fingerprint density at radius 1 is 1.19 bits per heavy atom. The van der Waals surface area contributed by atoms with Crippen LogP contribution in [-0.4, -0.2) is 78.4 Å². The number of hydrogen-bond acceptors (Lipinski definition) is 5. The zero-order valence-electron chi connectivity index (χ0n) is 16.4. The maximum atomic E-state index is 12.4. The van der Waals surface area contributed by atoms with Gasteiger partial charge in [-0.3, -0.25) is 14.5 Å². The zero-order chi connectivity index (χ0) is 19.1. The highest BCUT2D eigenvalue weighted by Gasteiger charge is 2.32. The molecule has 1 fully saturated rings. The summed E-state index contributed by atoms with van der Waals surface area (Å²) in [6.45, 7) is 14.2. The Morgan fingerprint density at radius 3 is 2.35 bits per heavy atom. The third-order valence-corrected chi connectivity index (χ3v) is 6.10. The van der Waals surface area contributed by atoms with Crippen molar-refractivity contribution in [3.63, 3.8) is 0 Å². The maximum absolute atomic E-state index is 12.4. The van der Waals surface area contributed by atoms with Crippen LogP contribution in [0.15, 0.2) is 17.5 Å². The van der Waals surface area contributed by atoms with Crippen LogP contribution in [0.25, 0.3) is 0 Å². The van der Waals surface area contributed by atoms with Gasteiger partial charge in [0, 0.05) is 50.2 Å². The number of carbonyl (C=O) groups is 2. The zero-order valence-corrected chi connectivity index (χ0v) is 17.2. The Balaban J connectivity index is 2.08. The minimum atomic E-state index is -0.505. The predicted molar refractivity (Wildman–Crippen MR) is 106 cm³/mol. The van der Waals surface area contributed by atoms with Crippen LogP contribution >= 0.6 is 11.3 Å². The minimum absolute atomic E-state index is 0.0995. The van der Waals surface area contributed by atoms with E-state index in [1.54, 1.807) is 16.2 Å². The highest BCUT2D eigenvalue weighted by molar-refractivity contribution is 7.10. The summed E-state index contributed by atoms with van der Waals surface area (Å²) in [6.07, 6.45) is 0. The van der Waals surface area contributed by atoms with Crippen molar-refractivity contribution in [2.45, 2.75) is 39.8 Å². The number of hydrogen-bond donors (Lipinski definition) is 1. The predicted octanol–water partition coefficient (Wildman–Crippen LogP) is 1.80. The number of likely N-dealkylation sites (N-methyl/N-ethyl adjacent to an activating group) is 2. The summed E-state index contributed by atoms with van der Waals surface area (Å²) < 4.78 is 0. The van der Waals surface area contributed by atoms with E-state index in [1.807, 2.05) is 26.8 Å². The van der Waals surface area contributed by atoms with Gasteiger partial charge in [0.1, 0.15) is 0 Å². The first-order chi connectivity index (χ1) is 12.5. The van der Waals surface area contributed by atoms with Gasteiger partial charge in [-0.2, -0.15) is 0 Å². The van der Waals surface area contributed by atoms with Crippen LogP contribution < -0.4 is 5.32 Å². The summed E-state index contributed by atoms with van der Waals surface area (Å²) in [5.74, 6) is -0.947. The molecular formula is C19H32N4O2S. The van der Waals surface area contributed by atoms with Gasteiger partial charge in [-0.1, -0.05) is 13.0 Å². The Bertz CT molecular complexity index is 566. The van der Waals surface area contributed by atoms with Crippen molar-refractivity contribution < 1.29 is 9.59 Å². The van der Waals surface area contributed by atoms with Crippen molar-refractivity contribution >= 4 is 23.2 Å². The lowest BCUT2D eigenvalue weighted by atomic mass is 10.0. The molecule has 2 atom stereocenters. The summed E-state index contributed by atoms with van der Waals surface area (Å²) in [4.78, 5) is 32.4. The number of carbonyl (C=O) groups excluding carboxylic acids is 2. The molecular weight excluding hydrogens is 348 g/mol. The molecule has 1 aromatic heterocycles. The lowest BCUT2D eigenvalue weighted by molar-refractivity contribution is -0.146. The number of nitrogens with one attached hydrogen (secondary N) is 1. The third-order valence-electron chi connectivity index (χ3n) is 5.16. The number of nitrogens with zero attached hydrogens (tertiary/aromatic N) is 3. The van der Waals surface area contributed by atoms with Gasteiger partial charge in [-0.05, 0) is 38.8 Å². The van der Waals surface area contributed by atoms with Gasteiger partial charge in [0.15, 0.2) is 0 Å². The standard InChI is InChI=1S/C19H32N4O2S/c1-5-21-10-12-23(13-11-21)17(16-9-8-14-26-16)15(4)20-18(24)19(25)22(6-2)7-3/h8-9,14-15,17H,5-7,10-13H2,1-4H3,(H,20,24)/t15-,17+/m1/s1. The molecule has 26 heavy (non-hydrogen) atoms. The summed E-state index contributed by atoms with van der Waals surface area (Å²) >= 11 is 1.71. The van der Waals surface area contributed by atoms with Gasteiger partial charge < -0.3 is 15.1 Å². The average molecular weight is 381 g/mol. The van der Waals surface area contributed by atoms with Crippen LogP contribution in [0.2, 0.25) is 0 Å². The van der Waals surface area contributed by atoms with Crippen LogP contribution in [0, 0.1) is 0 Å². The first-order valence-corrected chi connectivity index (χ1v) is 10.5. The van der Waals surface area contributed by atoms with Gasteiger partial charge in [-0.25, -0.2) is 0 Å². The molecule has 2 amide bonds. The number of rotatable bonds is 7. The van der Waals surface area contributed by atoms with Gasteiger partial charge in [0.25, 0.3) is 0 Å². The quantitative estimate of drug-likeness (QED) is 0.733. The molecule has 146 valence electrons. The van der Waals surface area contributed by atoms with E-state index in [2.05, 4.69) is 33.5 Å². The molecule has 0 radical (unpaired) electrons. The van der Waals surface area contributed by atoms with Gasteiger partial charge >= 0.3 is 11.8 Å². The first-order valence-electron chi connectivity index (χ1n) is 9.61. The normalized spacial score (nSPS) is 18.3. The molecule has 1 aliphatic rings. The van der Waals surface area contributed by atoms with Gasteiger partial charge in [0.2, 0.25) is 0 Å². The number of amides is 2. The van der Waals surface area contributed by atoms with Crippen molar-refractivity contribution in [3.8, 4) is 0 Å². The monoisotopic (exact) mass is 380 g/mol. The van der Waals surface area contributed by atoms with E-state index in [0.29, 0.717) is 13.1 Å². The highest BCUT2D eigenvalue weighted by Crippen LogP contribution is 2.29. The summed E-state index contributed by atoms with van der Waals surface area (Å²) in [5, 5.41) is 5.03. The Kier molecular flexibility index (Phi) is 8.06. The molecule has 6 nitrogen and oxygen atoms in total. The Labute approximate surface area is 161 Å². The minimum Gasteiger partial charge on any atom is -0.343 e. The van der Waals surface area contributed by atoms with Crippen LogP contribution in [0.4, 0.5) is 0 Å². The molecule has 1 aromatic rings.